The van der Waals surface area contributed by atoms with E-state index in [1.165, 1.54) is 0 Å². The lowest BCUT2D eigenvalue weighted by Gasteiger charge is -2.41. The lowest BCUT2D eigenvalue weighted by Crippen LogP contribution is -2.64. The van der Waals surface area contributed by atoms with Crippen molar-refractivity contribution in [3.05, 3.63) is 158 Å². The highest BCUT2D eigenvalue weighted by atomic mass is 31.2. The molecule has 6 N–H and O–H groups in total. The Morgan fingerprint density at radius 1 is 0.444 bits per heavy atom. The number of carbonyl (C=O) groups is 1. The van der Waals surface area contributed by atoms with E-state index in [-0.39, 0.29) is 13.0 Å². The number of hydrogen-bond acceptors (Lipinski definition) is 11. The fourth-order valence-corrected chi connectivity index (χ4v) is 7.79. The zero-order chi connectivity index (χ0) is 52.6. The van der Waals surface area contributed by atoms with Crippen molar-refractivity contribution in [2.24, 2.45) is 0 Å². The number of rotatable bonds is 42. The van der Waals surface area contributed by atoms with Crippen LogP contribution in [-0.2, 0) is 27.9 Å². The van der Waals surface area contributed by atoms with Gasteiger partial charge in [-0.2, -0.15) is 0 Å². The molecule has 0 aromatic heterocycles. The topological polar surface area (TPSA) is 192 Å². The highest BCUT2D eigenvalue weighted by Gasteiger charge is 2.51. The number of phosphoric acid groups is 1. The fraction of sp³-hybridized carbons (Fsp3) is 0.542. The van der Waals surface area contributed by atoms with Gasteiger partial charge >= 0.3 is 13.8 Å². The van der Waals surface area contributed by atoms with Crippen LogP contribution in [0.2, 0.25) is 0 Å². The third-order valence-corrected chi connectivity index (χ3v) is 11.9. The van der Waals surface area contributed by atoms with Crippen LogP contribution in [0.4, 0.5) is 0 Å². The standard InChI is InChI=1S/C59H91O12P/c1-3-5-7-9-11-13-15-17-19-21-23-25-27-28-30-32-34-36-38-40-42-44-46-48-53(60)70-52(51-69-72(66,67)71-59-57(64)55(62)54(61)56(63)58(59)65)50-68-49-47-45-43-41-39-37-35-33-31-29-26-24-22-20-18-16-14-12-10-8-6-4-2/h5-8,11-14,17-20,23-26,28,30-31,33-34,36-37,39-40,42,52,54-59,61-65H,3-4,9-10,15-16,21-22,27,29,32,35,38,41,43-51H2,1-2H3,(H,66,67)/b7-5-,8-6-,13-11-,14-12-,19-17-,20-18-,25-23-,26-24-,30-28-,33-31-,36-34-,39-37-,42-40-. The summed E-state index contributed by atoms with van der Waals surface area (Å²) < 4.78 is 34.2. The Bertz CT molecular complexity index is 1790. The number of phosphoric ester groups is 1. The van der Waals surface area contributed by atoms with Crippen LogP contribution in [-0.4, -0.2) is 98.9 Å². The molecule has 0 saturated heterocycles. The third kappa shape index (κ3) is 37.7. The summed E-state index contributed by atoms with van der Waals surface area (Å²) in [6.45, 7) is 3.87. The van der Waals surface area contributed by atoms with Crippen LogP contribution in [0, 0.1) is 0 Å². The summed E-state index contributed by atoms with van der Waals surface area (Å²) in [5, 5.41) is 50.4. The number of carbonyl (C=O) groups excluding carboxylic acids is 1. The van der Waals surface area contributed by atoms with E-state index in [1.54, 1.807) is 0 Å². The van der Waals surface area contributed by atoms with Crippen LogP contribution in [0.15, 0.2) is 158 Å². The number of allylic oxidation sites excluding steroid dienone is 26. The average Bonchev–Trinajstić information content (AvgIpc) is 3.37. The fourth-order valence-electron chi connectivity index (χ4n) is 6.82. The minimum atomic E-state index is -5.07. The van der Waals surface area contributed by atoms with Crippen LogP contribution in [0.3, 0.4) is 0 Å². The summed E-state index contributed by atoms with van der Waals surface area (Å²) >= 11 is 0. The molecule has 0 spiro atoms. The van der Waals surface area contributed by atoms with Crippen molar-refractivity contribution in [2.45, 2.75) is 185 Å². The van der Waals surface area contributed by atoms with Gasteiger partial charge < -0.3 is 39.9 Å². The molecule has 404 valence electrons. The molecule has 6 atom stereocenters. The number of hydrogen-bond donors (Lipinski definition) is 6. The van der Waals surface area contributed by atoms with Gasteiger partial charge in [0.1, 0.15) is 42.7 Å². The van der Waals surface area contributed by atoms with Crippen LogP contribution >= 0.6 is 7.82 Å². The van der Waals surface area contributed by atoms with E-state index >= 15 is 0 Å². The summed E-state index contributed by atoms with van der Waals surface area (Å²) in [4.78, 5) is 23.2. The lowest BCUT2D eigenvalue weighted by atomic mass is 9.85. The van der Waals surface area contributed by atoms with Gasteiger partial charge in [-0.25, -0.2) is 4.57 Å². The van der Waals surface area contributed by atoms with Crippen molar-refractivity contribution in [3.8, 4) is 0 Å². The monoisotopic (exact) mass is 1020 g/mol. The molecule has 0 heterocycles. The molecule has 12 nitrogen and oxygen atoms in total. The van der Waals surface area contributed by atoms with E-state index in [1.807, 2.05) is 12.2 Å². The summed E-state index contributed by atoms with van der Waals surface area (Å²) in [5.74, 6) is -0.555. The molecule has 72 heavy (non-hydrogen) atoms. The maximum absolute atomic E-state index is 12.9. The SMILES string of the molecule is CC/C=C\C/C=C\C/C=C\C/C=C\C/C=C\C/C=C\C/C=C\CCCC(=O)OC(COCCCCC/C=C\C/C=C\C/C=C\C/C=C\C/C=C\C/C=C\CC)COP(=O)(O)OC1C(O)C(O)C(O)C(O)C1O. The van der Waals surface area contributed by atoms with E-state index in [2.05, 4.69) is 160 Å². The molecule has 1 aliphatic carbocycles. The van der Waals surface area contributed by atoms with Gasteiger partial charge in [0.2, 0.25) is 0 Å². The highest BCUT2D eigenvalue weighted by Crippen LogP contribution is 2.47. The molecule has 0 radical (unpaired) electrons. The van der Waals surface area contributed by atoms with Crippen LogP contribution in [0.25, 0.3) is 0 Å². The molecule has 0 aromatic rings. The first-order valence-corrected chi connectivity index (χ1v) is 27.8. The predicted octanol–water partition coefficient (Wildman–Crippen LogP) is 12.3. The first-order chi connectivity index (χ1) is 35.0. The number of esters is 1. The molecular weight excluding hydrogens is 932 g/mol. The van der Waals surface area contributed by atoms with Gasteiger partial charge in [0, 0.05) is 13.0 Å². The number of aliphatic hydroxyl groups is 5. The minimum absolute atomic E-state index is 0.0845. The minimum Gasteiger partial charge on any atom is -0.457 e. The zero-order valence-electron chi connectivity index (χ0n) is 43.4. The van der Waals surface area contributed by atoms with Gasteiger partial charge in [-0.3, -0.25) is 13.8 Å². The van der Waals surface area contributed by atoms with Crippen molar-refractivity contribution >= 4 is 13.8 Å². The van der Waals surface area contributed by atoms with Crippen molar-refractivity contribution in [1.82, 2.24) is 0 Å². The van der Waals surface area contributed by atoms with Crippen LogP contribution in [0.5, 0.6) is 0 Å². The molecule has 1 aliphatic rings. The molecule has 0 aromatic carbocycles. The Balaban J connectivity index is 2.44. The molecule has 1 saturated carbocycles. The second-order valence-electron chi connectivity index (χ2n) is 17.3. The Morgan fingerprint density at radius 2 is 0.778 bits per heavy atom. The smallest absolute Gasteiger partial charge is 0.457 e. The summed E-state index contributed by atoms with van der Waals surface area (Å²) in [7, 11) is -5.07. The Hall–Kier alpha value is -4.04. The van der Waals surface area contributed by atoms with E-state index in [9.17, 15) is 39.8 Å². The van der Waals surface area contributed by atoms with Crippen molar-refractivity contribution in [1.29, 1.82) is 0 Å². The second kappa shape index (κ2) is 46.7. The van der Waals surface area contributed by atoms with Gasteiger partial charge in [-0.05, 0) is 116 Å². The van der Waals surface area contributed by atoms with Gasteiger partial charge in [0.05, 0.1) is 13.2 Å². The summed E-state index contributed by atoms with van der Waals surface area (Å²) in [6.07, 6.45) is 60.2. The van der Waals surface area contributed by atoms with Crippen LogP contribution < -0.4 is 0 Å². The first-order valence-electron chi connectivity index (χ1n) is 26.3. The average molecular weight is 1020 g/mol. The lowest BCUT2D eigenvalue weighted by molar-refractivity contribution is -0.220. The van der Waals surface area contributed by atoms with E-state index < -0.39 is 63.1 Å². The van der Waals surface area contributed by atoms with Gasteiger partial charge in [-0.1, -0.05) is 178 Å². The van der Waals surface area contributed by atoms with E-state index in [4.69, 9.17) is 18.5 Å². The first kappa shape index (κ1) is 66.0. The second-order valence-corrected chi connectivity index (χ2v) is 18.7. The van der Waals surface area contributed by atoms with Crippen LogP contribution in [0.1, 0.15) is 142 Å². The molecule has 1 fully saturated rings. The molecule has 0 bridgehead atoms. The van der Waals surface area contributed by atoms with E-state index in [0.29, 0.717) is 19.4 Å². The Morgan fingerprint density at radius 3 is 1.15 bits per heavy atom. The normalized spacial score (nSPS) is 21.9. The van der Waals surface area contributed by atoms with Gasteiger partial charge in [0.15, 0.2) is 0 Å². The Kier molecular flexibility index (Phi) is 42.8. The zero-order valence-corrected chi connectivity index (χ0v) is 44.3. The third-order valence-electron chi connectivity index (χ3n) is 10.9. The number of unbranched alkanes of at least 4 members (excludes halogenated alkanes) is 4. The van der Waals surface area contributed by atoms with Crippen molar-refractivity contribution in [3.63, 3.8) is 0 Å². The molecule has 6 unspecified atom stereocenters. The molecule has 0 amide bonds. The van der Waals surface area contributed by atoms with E-state index in [0.717, 1.165) is 109 Å². The largest absolute Gasteiger partial charge is 0.472 e. The molecule has 1 rings (SSSR count). The molecule has 0 aliphatic heterocycles. The van der Waals surface area contributed by atoms with Gasteiger partial charge in [-0.15, -0.1) is 0 Å². The summed E-state index contributed by atoms with van der Waals surface area (Å²) in [6, 6.07) is 0. The summed E-state index contributed by atoms with van der Waals surface area (Å²) in [5.41, 5.74) is 0. The highest BCUT2D eigenvalue weighted by molar-refractivity contribution is 7.47. The number of aliphatic hydroxyl groups excluding tert-OH is 5. The predicted molar refractivity (Wildman–Crippen MR) is 294 cm³/mol. The quantitative estimate of drug-likeness (QED) is 0.0147. The maximum atomic E-state index is 12.9. The maximum Gasteiger partial charge on any atom is 0.472 e. The molecular formula is C59H91O12P. The van der Waals surface area contributed by atoms with Crippen molar-refractivity contribution < 1.29 is 58.3 Å². The molecule has 13 heteroatoms. The number of ether oxygens (including phenoxy) is 2. The Labute approximate surface area is 433 Å². The van der Waals surface area contributed by atoms with Gasteiger partial charge in [0.25, 0.3) is 0 Å². The van der Waals surface area contributed by atoms with Crippen molar-refractivity contribution in [2.75, 3.05) is 19.8 Å².